The maximum atomic E-state index is 14.9. The number of amides is 2. The number of hydrogen-bond donors (Lipinski definition) is 2. The van der Waals surface area contributed by atoms with E-state index in [2.05, 4.69) is 25.8 Å². The van der Waals surface area contributed by atoms with E-state index in [1.165, 1.54) is 46.9 Å². The van der Waals surface area contributed by atoms with Crippen molar-refractivity contribution in [1.29, 1.82) is 0 Å². The highest BCUT2D eigenvalue weighted by Gasteiger charge is 2.75. The number of ether oxygens (including phenoxy) is 3. The molecule has 2 aliphatic heterocycles. The number of thioether (sulfide) groups is 2. The summed E-state index contributed by atoms with van der Waals surface area (Å²) in [5, 5.41) is 17.0. The number of β-lactam (4-membered cyclic amide) rings is 1. The van der Waals surface area contributed by atoms with Crippen LogP contribution < -0.4 is 11.1 Å². The number of carbonyl (C=O) groups is 4. The first-order valence-corrected chi connectivity index (χ1v) is 20.2. The van der Waals surface area contributed by atoms with Gasteiger partial charge in [0.05, 0.1) is 25.8 Å². The highest BCUT2D eigenvalue weighted by Crippen LogP contribution is 2.56. The third-order valence-electron chi connectivity index (χ3n) is 9.89. The van der Waals surface area contributed by atoms with E-state index in [0.29, 0.717) is 65.3 Å². The van der Waals surface area contributed by atoms with Gasteiger partial charge >= 0.3 is 12.1 Å². The number of thiazole rings is 1. The van der Waals surface area contributed by atoms with E-state index in [4.69, 9.17) is 19.9 Å². The summed E-state index contributed by atoms with van der Waals surface area (Å²) in [6.45, 7) is 1.31. The molecule has 2 aliphatic carbocycles. The normalized spacial score (nSPS) is 23.4. The van der Waals surface area contributed by atoms with Crippen molar-refractivity contribution in [3.8, 4) is 0 Å². The molecule has 0 unspecified atom stereocenters. The molecular formula is C32H45N9O7S3. The molecule has 6 rings (SSSR count). The number of carbonyl (C=O) groups excluding carboxylic acids is 4. The lowest BCUT2D eigenvalue weighted by Crippen LogP contribution is -2.88. The van der Waals surface area contributed by atoms with Gasteiger partial charge in [0.15, 0.2) is 16.3 Å². The summed E-state index contributed by atoms with van der Waals surface area (Å²) in [5.41, 5.74) is 3.97. The van der Waals surface area contributed by atoms with Crippen LogP contribution in [-0.2, 0) is 41.6 Å². The van der Waals surface area contributed by atoms with Crippen LogP contribution in [0.3, 0.4) is 0 Å². The van der Waals surface area contributed by atoms with E-state index in [1.54, 1.807) is 10.1 Å². The van der Waals surface area contributed by atoms with E-state index >= 15 is 0 Å². The Balaban J connectivity index is 1.33. The number of methoxy groups -OCH3 is 1. The summed E-state index contributed by atoms with van der Waals surface area (Å²) in [4.78, 5) is 63.5. The van der Waals surface area contributed by atoms with Crippen LogP contribution in [-0.4, -0.2) is 121 Å². The highest BCUT2D eigenvalue weighted by atomic mass is 32.2. The predicted octanol–water partition coefficient (Wildman–Crippen LogP) is 2.99. The molecule has 4 heterocycles. The van der Waals surface area contributed by atoms with Crippen LogP contribution in [0.2, 0.25) is 0 Å². The van der Waals surface area contributed by atoms with Gasteiger partial charge < -0.3 is 30.2 Å². The Labute approximate surface area is 308 Å². The average Bonchev–Trinajstić information content (AvgIpc) is 3.76. The zero-order valence-electron chi connectivity index (χ0n) is 29.1. The minimum absolute atomic E-state index is 0.110. The molecule has 278 valence electrons. The fourth-order valence-corrected chi connectivity index (χ4v) is 10.6. The Hall–Kier alpha value is -3.42. The molecule has 2 amide bonds. The first kappa shape index (κ1) is 37.3. The van der Waals surface area contributed by atoms with Gasteiger partial charge in [-0.25, -0.2) is 19.3 Å². The van der Waals surface area contributed by atoms with Crippen molar-refractivity contribution in [2.24, 2.45) is 0 Å². The standard InChI is InChI=1S/C32H45N9O7S3/c1-39(2)14-15-40-29(36-37-38-40)51-18-20-17-49-27-32(26(44)41(27)24(20)25(43)46-3,35-23(42)16-21-19-50-28(33)34-21)31(12-8-5-9-13-31)48-30(45)47-22-10-6-4-7-11-22/h19,22,27H,4-18H2,1-3H3,(H2,33,34)(H,35,42)/t27-,32+/m0/s1. The SMILES string of the molecule is COC(=O)C1=C(CSc2nnnn2CCN(C)C)CS[C@@H]2N1C(=O)[C@]2(NC(=O)Cc1csc(N)n1)C1(OC(=O)OC2CCCCC2)CCCCC1. The Bertz CT molecular complexity index is 1640. The van der Waals surface area contributed by atoms with Crippen LogP contribution in [0.15, 0.2) is 21.8 Å². The lowest BCUT2D eigenvalue weighted by molar-refractivity contribution is -0.190. The van der Waals surface area contributed by atoms with Crippen molar-refractivity contribution in [3.63, 3.8) is 0 Å². The number of aromatic nitrogens is 5. The summed E-state index contributed by atoms with van der Waals surface area (Å²) in [7, 11) is 5.19. The molecule has 19 heteroatoms. The molecule has 0 radical (unpaired) electrons. The molecule has 1 saturated heterocycles. The minimum atomic E-state index is -1.68. The van der Waals surface area contributed by atoms with Crippen LogP contribution in [0, 0.1) is 0 Å². The van der Waals surface area contributed by atoms with Crippen molar-refractivity contribution in [2.75, 3.05) is 45.0 Å². The quantitative estimate of drug-likeness (QED) is 0.171. The van der Waals surface area contributed by atoms with Crippen molar-refractivity contribution in [1.82, 2.24) is 40.3 Å². The third-order valence-corrected chi connectivity index (χ3v) is 13.0. The fourth-order valence-electron chi connectivity index (χ4n) is 7.39. The second-order valence-corrected chi connectivity index (χ2v) is 16.5. The molecule has 2 aromatic heterocycles. The van der Waals surface area contributed by atoms with E-state index in [1.807, 2.05) is 19.0 Å². The first-order chi connectivity index (χ1) is 24.6. The van der Waals surface area contributed by atoms with Crippen LogP contribution in [0.5, 0.6) is 0 Å². The van der Waals surface area contributed by atoms with Gasteiger partial charge in [-0.15, -0.1) is 28.2 Å². The van der Waals surface area contributed by atoms with E-state index in [0.717, 1.165) is 45.1 Å². The number of rotatable bonds is 13. The van der Waals surface area contributed by atoms with E-state index < -0.39 is 40.5 Å². The zero-order chi connectivity index (χ0) is 36.2. The molecule has 0 spiro atoms. The number of nitrogens with one attached hydrogen (secondary N) is 1. The lowest BCUT2D eigenvalue weighted by atomic mass is 9.64. The summed E-state index contributed by atoms with van der Waals surface area (Å²) >= 11 is 3.98. The van der Waals surface area contributed by atoms with Crippen LogP contribution in [0.25, 0.3) is 0 Å². The van der Waals surface area contributed by atoms with Gasteiger partial charge in [0.25, 0.3) is 5.91 Å². The van der Waals surface area contributed by atoms with Crippen LogP contribution in [0.1, 0.15) is 69.9 Å². The van der Waals surface area contributed by atoms with Gasteiger partial charge in [0.2, 0.25) is 11.1 Å². The Morgan fingerprint density at radius 2 is 1.88 bits per heavy atom. The van der Waals surface area contributed by atoms with E-state index in [-0.39, 0.29) is 18.2 Å². The van der Waals surface area contributed by atoms with Gasteiger partial charge in [-0.3, -0.25) is 14.5 Å². The molecule has 2 aromatic rings. The number of esters is 1. The molecule has 0 bridgehead atoms. The minimum Gasteiger partial charge on any atom is -0.464 e. The average molecular weight is 764 g/mol. The second-order valence-electron chi connectivity index (χ2n) is 13.6. The molecule has 4 aliphatic rings. The van der Waals surface area contributed by atoms with Crippen molar-refractivity contribution < 1.29 is 33.4 Å². The van der Waals surface area contributed by atoms with Crippen molar-refractivity contribution in [3.05, 3.63) is 22.3 Å². The van der Waals surface area contributed by atoms with Gasteiger partial charge in [-0.05, 0) is 81.5 Å². The lowest BCUT2D eigenvalue weighted by Gasteiger charge is -2.64. The maximum absolute atomic E-state index is 14.9. The number of nitrogens with zero attached hydrogens (tertiary/aromatic N) is 7. The molecule has 51 heavy (non-hydrogen) atoms. The summed E-state index contributed by atoms with van der Waals surface area (Å²) in [5.74, 6) is -1.04. The molecular weight excluding hydrogens is 719 g/mol. The highest BCUT2D eigenvalue weighted by molar-refractivity contribution is 8.01. The number of nitrogen functional groups attached to an aromatic ring is 1. The first-order valence-electron chi connectivity index (χ1n) is 17.3. The van der Waals surface area contributed by atoms with Gasteiger partial charge in [-0.1, -0.05) is 24.6 Å². The van der Waals surface area contributed by atoms with Crippen molar-refractivity contribution in [2.45, 2.75) is 105 Å². The molecule has 3 N–H and O–H groups in total. The largest absolute Gasteiger partial charge is 0.509 e. The number of fused-ring (bicyclic) bond motifs is 1. The smallest absolute Gasteiger partial charge is 0.464 e. The number of tetrazole rings is 1. The Morgan fingerprint density at radius 1 is 1.14 bits per heavy atom. The Kier molecular flexibility index (Phi) is 11.8. The number of nitrogens with two attached hydrogens (primary N) is 1. The number of hydrogen-bond acceptors (Lipinski definition) is 16. The third kappa shape index (κ3) is 7.71. The van der Waals surface area contributed by atoms with Crippen molar-refractivity contribution >= 4 is 63.9 Å². The van der Waals surface area contributed by atoms with Gasteiger partial charge in [-0.2, -0.15) is 0 Å². The summed E-state index contributed by atoms with van der Waals surface area (Å²) in [6, 6.07) is 0. The monoisotopic (exact) mass is 763 g/mol. The predicted molar refractivity (Wildman–Crippen MR) is 191 cm³/mol. The molecule has 16 nitrogen and oxygen atoms in total. The topological polar surface area (TPSA) is 197 Å². The van der Waals surface area contributed by atoms with E-state index in [9.17, 15) is 19.2 Å². The maximum Gasteiger partial charge on any atom is 0.509 e. The summed E-state index contributed by atoms with van der Waals surface area (Å²) < 4.78 is 19.1. The van der Waals surface area contributed by atoms with Crippen LogP contribution >= 0.6 is 34.9 Å². The zero-order valence-corrected chi connectivity index (χ0v) is 31.6. The van der Waals surface area contributed by atoms with Gasteiger partial charge in [0, 0.05) is 23.4 Å². The van der Waals surface area contributed by atoms with Gasteiger partial charge in [0.1, 0.15) is 17.2 Å². The molecule has 0 aromatic carbocycles. The number of likely N-dealkylation sites (N-methyl/N-ethyl adjacent to an activating group) is 1. The molecule has 2 saturated carbocycles. The number of anilines is 1. The Morgan fingerprint density at radius 3 is 2.57 bits per heavy atom. The molecule has 2 atom stereocenters. The van der Waals surface area contributed by atoms with Crippen LogP contribution in [0.4, 0.5) is 9.93 Å². The summed E-state index contributed by atoms with van der Waals surface area (Å²) in [6.07, 6.45) is 6.18. The second kappa shape index (κ2) is 16.1. The molecule has 3 fully saturated rings. The fraction of sp³-hybridized carbons (Fsp3) is 0.688.